The molecule has 0 saturated heterocycles. The highest BCUT2D eigenvalue weighted by atomic mass is 19.1. The van der Waals surface area contributed by atoms with Crippen molar-refractivity contribution in [1.82, 2.24) is 10.2 Å². The molecular formula is C11H11FN4. The molecule has 0 amide bonds. The van der Waals surface area contributed by atoms with Crippen LogP contribution in [0, 0.1) is 12.7 Å². The molecule has 0 bridgehead atoms. The second-order valence-corrected chi connectivity index (χ2v) is 3.45. The maximum atomic E-state index is 13.5. The number of nitrogens with zero attached hydrogens (tertiary/aromatic N) is 2. The van der Waals surface area contributed by atoms with Crippen LogP contribution in [0.4, 0.5) is 21.7 Å². The van der Waals surface area contributed by atoms with Crippen LogP contribution in [0.15, 0.2) is 30.3 Å². The molecule has 0 fully saturated rings. The number of benzene rings is 1. The van der Waals surface area contributed by atoms with Gasteiger partial charge in [0.05, 0.1) is 5.69 Å². The number of aromatic nitrogens is 2. The van der Waals surface area contributed by atoms with Crippen LogP contribution in [0.25, 0.3) is 0 Å². The van der Waals surface area contributed by atoms with Crippen molar-refractivity contribution in [3.05, 3.63) is 41.7 Å². The first kappa shape index (κ1) is 10.4. The number of hydrogen-bond acceptors (Lipinski definition) is 4. The highest BCUT2D eigenvalue weighted by Gasteiger charge is 2.03. The van der Waals surface area contributed by atoms with Crippen molar-refractivity contribution >= 4 is 17.3 Å². The Morgan fingerprint density at radius 2 is 2.00 bits per heavy atom. The second-order valence-electron chi connectivity index (χ2n) is 3.45. The van der Waals surface area contributed by atoms with E-state index in [1.165, 1.54) is 6.07 Å². The lowest BCUT2D eigenvalue weighted by atomic mass is 10.2. The van der Waals surface area contributed by atoms with Crippen molar-refractivity contribution in [1.29, 1.82) is 0 Å². The van der Waals surface area contributed by atoms with E-state index in [2.05, 4.69) is 15.5 Å². The van der Waals surface area contributed by atoms with Crippen LogP contribution in [0.5, 0.6) is 0 Å². The number of aryl methyl sites for hydroxylation is 1. The van der Waals surface area contributed by atoms with Gasteiger partial charge < -0.3 is 11.1 Å². The first-order chi connectivity index (χ1) is 7.65. The third-order valence-corrected chi connectivity index (χ3v) is 2.07. The van der Waals surface area contributed by atoms with Crippen LogP contribution in [0.2, 0.25) is 0 Å². The Morgan fingerprint density at radius 3 is 2.62 bits per heavy atom. The molecule has 0 aliphatic heterocycles. The highest BCUT2D eigenvalue weighted by Crippen LogP contribution is 2.19. The summed E-state index contributed by atoms with van der Waals surface area (Å²) in [5, 5.41) is 10.3. The van der Waals surface area contributed by atoms with Gasteiger partial charge in [0.15, 0.2) is 5.82 Å². The Hall–Kier alpha value is -2.17. The number of anilines is 3. The maximum Gasteiger partial charge on any atom is 0.153 e. The first-order valence-corrected chi connectivity index (χ1v) is 4.77. The molecule has 16 heavy (non-hydrogen) atoms. The lowest BCUT2D eigenvalue weighted by Gasteiger charge is -2.06. The van der Waals surface area contributed by atoms with E-state index < -0.39 is 0 Å². The van der Waals surface area contributed by atoms with Crippen LogP contribution < -0.4 is 11.1 Å². The summed E-state index contributed by atoms with van der Waals surface area (Å²) >= 11 is 0. The van der Waals surface area contributed by atoms with E-state index in [0.29, 0.717) is 17.3 Å². The summed E-state index contributed by atoms with van der Waals surface area (Å²) in [5.74, 6) is 0.463. The number of rotatable bonds is 2. The summed E-state index contributed by atoms with van der Waals surface area (Å²) in [4.78, 5) is 0. The second kappa shape index (κ2) is 4.14. The van der Waals surface area contributed by atoms with Gasteiger partial charge in [-0.3, -0.25) is 0 Å². The molecule has 0 saturated carbocycles. The molecule has 2 aromatic rings. The third kappa shape index (κ3) is 2.25. The van der Waals surface area contributed by atoms with Gasteiger partial charge in [-0.1, -0.05) is 6.07 Å². The fourth-order valence-electron chi connectivity index (χ4n) is 1.27. The average Bonchev–Trinajstić information content (AvgIpc) is 2.25. The highest BCUT2D eigenvalue weighted by molar-refractivity contribution is 5.57. The van der Waals surface area contributed by atoms with Gasteiger partial charge in [0.2, 0.25) is 0 Å². The van der Waals surface area contributed by atoms with Crippen LogP contribution in [-0.2, 0) is 0 Å². The Balaban J connectivity index is 2.23. The van der Waals surface area contributed by atoms with Crippen molar-refractivity contribution in [3.63, 3.8) is 0 Å². The van der Waals surface area contributed by atoms with Crippen LogP contribution in [-0.4, -0.2) is 10.2 Å². The van der Waals surface area contributed by atoms with Gasteiger partial charge in [-0.15, -0.1) is 10.2 Å². The molecule has 2 rings (SSSR count). The average molecular weight is 218 g/mol. The summed E-state index contributed by atoms with van der Waals surface area (Å²) < 4.78 is 13.5. The lowest BCUT2D eigenvalue weighted by molar-refractivity contribution is 0.630. The molecule has 0 aliphatic carbocycles. The quantitative estimate of drug-likeness (QED) is 0.811. The molecule has 4 nitrogen and oxygen atoms in total. The molecule has 1 aromatic heterocycles. The third-order valence-electron chi connectivity index (χ3n) is 2.07. The van der Waals surface area contributed by atoms with Gasteiger partial charge in [-0.05, 0) is 36.8 Å². The maximum absolute atomic E-state index is 13.5. The topological polar surface area (TPSA) is 63.8 Å². The zero-order valence-corrected chi connectivity index (χ0v) is 8.74. The molecule has 0 radical (unpaired) electrons. The van der Waals surface area contributed by atoms with Gasteiger partial charge in [-0.2, -0.15) is 0 Å². The van der Waals surface area contributed by atoms with Crippen LogP contribution in [0.1, 0.15) is 5.56 Å². The molecule has 0 aliphatic rings. The fraction of sp³-hybridized carbons (Fsp3) is 0.0909. The number of nitrogens with two attached hydrogens (primary N) is 1. The van der Waals surface area contributed by atoms with E-state index in [1.807, 2.05) is 13.0 Å². The molecule has 0 atom stereocenters. The predicted molar refractivity (Wildman–Crippen MR) is 60.9 cm³/mol. The largest absolute Gasteiger partial charge is 0.382 e. The molecule has 1 aromatic carbocycles. The molecule has 5 heteroatoms. The van der Waals surface area contributed by atoms with E-state index in [9.17, 15) is 4.39 Å². The predicted octanol–water partition coefficient (Wildman–Crippen LogP) is 2.25. The van der Waals surface area contributed by atoms with Crippen molar-refractivity contribution in [2.24, 2.45) is 0 Å². The minimum Gasteiger partial charge on any atom is -0.382 e. The number of nitrogen functional groups attached to an aromatic ring is 1. The number of hydrogen-bond donors (Lipinski definition) is 2. The minimum absolute atomic E-state index is 0.321. The fourth-order valence-corrected chi connectivity index (χ4v) is 1.27. The standard InChI is InChI=1S/C11H11FN4/c1-7-2-3-9(8(12)6-7)14-11-5-4-10(13)15-16-11/h2-6H,1H3,(H2,13,15)(H,14,16). The summed E-state index contributed by atoms with van der Waals surface area (Å²) in [5.41, 5.74) is 6.63. The zero-order chi connectivity index (χ0) is 11.5. The van der Waals surface area contributed by atoms with Crippen LogP contribution >= 0.6 is 0 Å². The van der Waals surface area contributed by atoms with Crippen LogP contribution in [0.3, 0.4) is 0 Å². The molecule has 82 valence electrons. The SMILES string of the molecule is Cc1ccc(Nc2ccc(N)nn2)c(F)c1. The van der Waals surface area contributed by atoms with Crippen molar-refractivity contribution in [3.8, 4) is 0 Å². The van der Waals surface area contributed by atoms with Gasteiger partial charge in [0.25, 0.3) is 0 Å². The Bertz CT molecular complexity index is 496. The first-order valence-electron chi connectivity index (χ1n) is 4.77. The monoisotopic (exact) mass is 218 g/mol. The lowest BCUT2D eigenvalue weighted by Crippen LogP contribution is -1.99. The van der Waals surface area contributed by atoms with Gasteiger partial charge in [0, 0.05) is 0 Å². The summed E-state index contributed by atoms with van der Waals surface area (Å²) in [6.07, 6.45) is 0. The molecule has 0 unspecified atom stereocenters. The van der Waals surface area contributed by atoms with E-state index in [-0.39, 0.29) is 5.82 Å². The zero-order valence-electron chi connectivity index (χ0n) is 8.74. The van der Waals surface area contributed by atoms with E-state index in [4.69, 9.17) is 5.73 Å². The van der Waals surface area contributed by atoms with Crippen molar-refractivity contribution in [2.45, 2.75) is 6.92 Å². The normalized spacial score (nSPS) is 10.1. The summed E-state index contributed by atoms with van der Waals surface area (Å²) in [6.45, 7) is 1.83. The molecule has 3 N–H and O–H groups in total. The van der Waals surface area contributed by atoms with Gasteiger partial charge >= 0.3 is 0 Å². The Kier molecular flexibility index (Phi) is 2.68. The molecular weight excluding hydrogens is 207 g/mol. The van der Waals surface area contributed by atoms with Crippen molar-refractivity contribution < 1.29 is 4.39 Å². The van der Waals surface area contributed by atoms with E-state index in [0.717, 1.165) is 5.56 Å². The van der Waals surface area contributed by atoms with Gasteiger partial charge in [0.1, 0.15) is 11.6 Å². The minimum atomic E-state index is -0.321. The summed E-state index contributed by atoms with van der Waals surface area (Å²) in [6, 6.07) is 8.16. The summed E-state index contributed by atoms with van der Waals surface area (Å²) in [7, 11) is 0. The smallest absolute Gasteiger partial charge is 0.153 e. The van der Waals surface area contributed by atoms with E-state index in [1.54, 1.807) is 18.2 Å². The van der Waals surface area contributed by atoms with Crippen molar-refractivity contribution in [2.75, 3.05) is 11.1 Å². The number of nitrogens with one attached hydrogen (secondary N) is 1. The van der Waals surface area contributed by atoms with E-state index >= 15 is 0 Å². The number of halogens is 1. The Morgan fingerprint density at radius 1 is 1.19 bits per heavy atom. The Labute approximate surface area is 92.3 Å². The molecule has 0 spiro atoms. The molecule has 1 heterocycles. The van der Waals surface area contributed by atoms with Gasteiger partial charge in [-0.25, -0.2) is 4.39 Å².